The van der Waals surface area contributed by atoms with Crippen molar-refractivity contribution in [3.63, 3.8) is 0 Å². The van der Waals surface area contributed by atoms with Crippen LogP contribution in [-0.4, -0.2) is 22.6 Å². The first-order valence-electron chi connectivity index (χ1n) is 5.77. The molecule has 0 saturated carbocycles. The van der Waals surface area contributed by atoms with Gasteiger partial charge in [0, 0.05) is 21.3 Å². The van der Waals surface area contributed by atoms with E-state index in [0.717, 1.165) is 4.47 Å². The van der Waals surface area contributed by atoms with Crippen LogP contribution in [0.5, 0.6) is 0 Å². The zero-order valence-corrected chi connectivity index (χ0v) is 12.7. The van der Waals surface area contributed by atoms with Crippen LogP contribution in [0.15, 0.2) is 28.1 Å². The molecule has 2 aromatic rings. The Hall–Kier alpha value is -1.47. The van der Waals surface area contributed by atoms with Crippen LogP contribution in [0.3, 0.4) is 0 Å². The Morgan fingerprint density at radius 3 is 2.84 bits per heavy atom. The summed E-state index contributed by atoms with van der Waals surface area (Å²) in [6.45, 7) is 3.12. The highest BCUT2D eigenvalue weighted by atomic mass is 79.9. The molecule has 0 radical (unpaired) electrons. The van der Waals surface area contributed by atoms with Crippen LogP contribution in [0.25, 0.3) is 0 Å². The lowest BCUT2D eigenvalue weighted by Crippen LogP contribution is -2.24. The fourth-order valence-corrected chi connectivity index (χ4v) is 2.81. The Morgan fingerprint density at radius 2 is 2.26 bits per heavy atom. The molecule has 100 valence electrons. The number of hydrogen-bond donors (Lipinski definition) is 2. The van der Waals surface area contributed by atoms with Gasteiger partial charge in [-0.2, -0.15) is 0 Å². The molecular formula is C12H13BrN4OS. The minimum absolute atomic E-state index is 0.205. The third kappa shape index (κ3) is 4.00. The molecule has 0 unspecified atom stereocenters. The van der Waals surface area contributed by atoms with Gasteiger partial charge in [-0.3, -0.25) is 4.79 Å². The number of hydrogen-bond acceptors (Lipinski definition) is 5. The molecule has 0 atom stereocenters. The summed E-state index contributed by atoms with van der Waals surface area (Å²) in [5.41, 5.74) is 0.325. The Kier molecular flexibility index (Phi) is 4.86. The second-order valence-corrected chi connectivity index (χ2v) is 5.66. The van der Waals surface area contributed by atoms with E-state index < -0.39 is 0 Å². The second-order valence-electron chi connectivity index (χ2n) is 3.75. The maximum absolute atomic E-state index is 11.5. The summed E-state index contributed by atoms with van der Waals surface area (Å²) in [5, 5.41) is 15.7. The number of halogens is 1. The third-order valence-electron chi connectivity index (χ3n) is 2.30. The number of carbonyl (C=O) groups is 1. The van der Waals surface area contributed by atoms with Gasteiger partial charge in [0.2, 0.25) is 0 Å². The van der Waals surface area contributed by atoms with E-state index in [4.69, 9.17) is 0 Å². The maximum Gasteiger partial charge on any atom is 0.271 e. The third-order valence-corrected chi connectivity index (χ3v) is 4.00. The summed E-state index contributed by atoms with van der Waals surface area (Å²) in [5.74, 6) is 0.446. The second kappa shape index (κ2) is 6.63. The van der Waals surface area contributed by atoms with Crippen molar-refractivity contribution in [2.75, 3.05) is 11.9 Å². The highest BCUT2D eigenvalue weighted by molar-refractivity contribution is 9.10. The van der Waals surface area contributed by atoms with Gasteiger partial charge in [0.05, 0.1) is 6.54 Å². The van der Waals surface area contributed by atoms with Gasteiger partial charge >= 0.3 is 0 Å². The lowest BCUT2D eigenvalue weighted by Gasteiger charge is -2.04. The minimum Gasteiger partial charge on any atom is -0.364 e. The Bertz CT molecular complexity index is 555. The predicted octanol–water partition coefficient (Wildman–Crippen LogP) is 2.66. The molecular weight excluding hydrogens is 328 g/mol. The summed E-state index contributed by atoms with van der Waals surface area (Å²) >= 11 is 5.07. The van der Waals surface area contributed by atoms with Crippen LogP contribution in [-0.2, 0) is 6.54 Å². The SMILES string of the molecule is CCNC(=O)c1ccc(NCc2cc(Br)cs2)nn1. The van der Waals surface area contributed by atoms with Gasteiger partial charge in [0.25, 0.3) is 5.91 Å². The Labute approximate surface area is 123 Å². The standard InChI is InChI=1S/C12H13BrN4OS/c1-2-14-12(18)10-3-4-11(17-16-10)15-6-9-5-8(13)7-19-9/h3-5,7H,2,6H2,1H3,(H,14,18)(H,15,17). The average Bonchev–Trinajstić information content (AvgIpc) is 2.83. The lowest BCUT2D eigenvalue weighted by atomic mass is 10.3. The number of anilines is 1. The summed E-state index contributed by atoms with van der Waals surface area (Å²) in [4.78, 5) is 12.7. The van der Waals surface area contributed by atoms with Crippen molar-refractivity contribution in [3.05, 3.63) is 38.6 Å². The van der Waals surface area contributed by atoms with Gasteiger partial charge in [-0.05, 0) is 41.1 Å². The predicted molar refractivity (Wildman–Crippen MR) is 79.4 cm³/mol. The van der Waals surface area contributed by atoms with E-state index >= 15 is 0 Å². The number of amides is 1. The van der Waals surface area contributed by atoms with Crippen molar-refractivity contribution >= 4 is 39.0 Å². The lowest BCUT2D eigenvalue weighted by molar-refractivity contribution is 0.0950. The maximum atomic E-state index is 11.5. The van der Waals surface area contributed by atoms with E-state index in [0.29, 0.717) is 24.6 Å². The smallest absolute Gasteiger partial charge is 0.271 e. The van der Waals surface area contributed by atoms with E-state index in [2.05, 4.69) is 36.8 Å². The van der Waals surface area contributed by atoms with E-state index in [-0.39, 0.29) is 5.91 Å². The van der Waals surface area contributed by atoms with Gasteiger partial charge < -0.3 is 10.6 Å². The molecule has 1 amide bonds. The van der Waals surface area contributed by atoms with Crippen LogP contribution < -0.4 is 10.6 Å². The molecule has 2 aromatic heterocycles. The van der Waals surface area contributed by atoms with Crippen LogP contribution in [0.4, 0.5) is 5.82 Å². The molecule has 0 aliphatic carbocycles. The number of carbonyl (C=O) groups excluding carboxylic acids is 1. The number of nitrogens with zero attached hydrogens (tertiary/aromatic N) is 2. The van der Waals surface area contributed by atoms with E-state index in [1.165, 1.54) is 4.88 Å². The minimum atomic E-state index is -0.205. The van der Waals surface area contributed by atoms with E-state index in [9.17, 15) is 4.79 Å². The molecule has 0 saturated heterocycles. The van der Waals surface area contributed by atoms with Crippen LogP contribution in [0.1, 0.15) is 22.3 Å². The van der Waals surface area contributed by atoms with E-state index in [1.54, 1.807) is 23.5 Å². The summed E-state index contributed by atoms with van der Waals surface area (Å²) in [7, 11) is 0. The zero-order valence-electron chi connectivity index (χ0n) is 10.3. The number of aromatic nitrogens is 2. The molecule has 2 heterocycles. The molecule has 2 N–H and O–H groups in total. The van der Waals surface area contributed by atoms with Gasteiger partial charge in [0.15, 0.2) is 5.69 Å². The highest BCUT2D eigenvalue weighted by Crippen LogP contribution is 2.20. The topological polar surface area (TPSA) is 66.9 Å². The van der Waals surface area contributed by atoms with Gasteiger partial charge in [-0.25, -0.2) is 0 Å². The molecule has 0 aromatic carbocycles. The number of rotatable bonds is 5. The van der Waals surface area contributed by atoms with E-state index in [1.807, 2.05) is 18.4 Å². The monoisotopic (exact) mass is 340 g/mol. The van der Waals surface area contributed by atoms with Gasteiger partial charge in [0.1, 0.15) is 5.82 Å². The molecule has 0 aliphatic rings. The van der Waals surface area contributed by atoms with Crippen molar-refractivity contribution in [3.8, 4) is 0 Å². The number of thiophene rings is 1. The fourth-order valence-electron chi connectivity index (χ4n) is 1.42. The highest BCUT2D eigenvalue weighted by Gasteiger charge is 2.06. The van der Waals surface area contributed by atoms with Crippen molar-refractivity contribution < 1.29 is 4.79 Å². The zero-order chi connectivity index (χ0) is 13.7. The average molecular weight is 341 g/mol. The van der Waals surface area contributed by atoms with Crippen molar-refractivity contribution in [1.82, 2.24) is 15.5 Å². The van der Waals surface area contributed by atoms with Gasteiger partial charge in [-0.15, -0.1) is 21.5 Å². The first kappa shape index (κ1) is 14.0. The molecule has 0 bridgehead atoms. The fraction of sp³-hybridized carbons (Fsp3) is 0.250. The molecule has 0 spiro atoms. The summed E-state index contributed by atoms with van der Waals surface area (Å²) in [6.07, 6.45) is 0. The molecule has 7 heteroatoms. The summed E-state index contributed by atoms with van der Waals surface area (Å²) in [6, 6.07) is 5.46. The Balaban J connectivity index is 1.93. The van der Waals surface area contributed by atoms with Crippen LogP contribution in [0.2, 0.25) is 0 Å². The molecule has 0 fully saturated rings. The van der Waals surface area contributed by atoms with Gasteiger partial charge in [-0.1, -0.05) is 0 Å². The number of nitrogens with one attached hydrogen (secondary N) is 2. The van der Waals surface area contributed by atoms with Crippen molar-refractivity contribution in [2.45, 2.75) is 13.5 Å². The van der Waals surface area contributed by atoms with Crippen LogP contribution >= 0.6 is 27.3 Å². The quantitative estimate of drug-likeness (QED) is 0.877. The molecule has 0 aliphatic heterocycles. The van der Waals surface area contributed by atoms with Crippen LogP contribution in [0, 0.1) is 0 Å². The molecule has 5 nitrogen and oxygen atoms in total. The van der Waals surface area contributed by atoms with Crippen molar-refractivity contribution in [2.24, 2.45) is 0 Å². The normalized spacial score (nSPS) is 10.2. The Morgan fingerprint density at radius 1 is 1.42 bits per heavy atom. The first-order valence-corrected chi connectivity index (χ1v) is 7.45. The first-order chi connectivity index (χ1) is 9.19. The van der Waals surface area contributed by atoms with Crippen molar-refractivity contribution in [1.29, 1.82) is 0 Å². The largest absolute Gasteiger partial charge is 0.364 e. The molecule has 19 heavy (non-hydrogen) atoms. The summed E-state index contributed by atoms with van der Waals surface area (Å²) < 4.78 is 1.08. The molecule has 2 rings (SSSR count).